The Hall–Kier alpha value is -2.34. The number of carboxylic acids is 1. The lowest BCUT2D eigenvalue weighted by Crippen LogP contribution is -2.28. The van der Waals surface area contributed by atoms with Gasteiger partial charge in [0.2, 0.25) is 0 Å². The molecule has 122 valence electrons. The molecule has 2 N–H and O–H groups in total. The summed E-state index contributed by atoms with van der Waals surface area (Å²) in [5, 5.41) is 17.5. The molecule has 1 aromatic carbocycles. The highest BCUT2D eigenvalue weighted by molar-refractivity contribution is 5.95. The van der Waals surface area contributed by atoms with Gasteiger partial charge >= 0.3 is 5.97 Å². The maximum Gasteiger partial charge on any atom is 0.341 e. The van der Waals surface area contributed by atoms with Gasteiger partial charge in [-0.3, -0.25) is 0 Å². The van der Waals surface area contributed by atoms with E-state index < -0.39 is 5.97 Å². The highest BCUT2D eigenvalue weighted by atomic mass is 16.5. The average molecular weight is 315 g/mol. The van der Waals surface area contributed by atoms with Gasteiger partial charge in [0.1, 0.15) is 5.56 Å². The summed E-state index contributed by atoms with van der Waals surface area (Å²) in [5.74, 6) is -0.497. The van der Waals surface area contributed by atoms with E-state index in [4.69, 9.17) is 4.74 Å². The Morgan fingerprint density at radius 3 is 2.65 bits per heavy atom. The minimum absolute atomic E-state index is 0.200. The minimum Gasteiger partial charge on any atom is -0.477 e. The number of aromatic nitrogens is 2. The van der Waals surface area contributed by atoms with Gasteiger partial charge in [0.15, 0.2) is 5.82 Å². The molecule has 0 aliphatic carbocycles. The smallest absolute Gasteiger partial charge is 0.341 e. The molecule has 0 unspecified atom stereocenters. The number of ether oxygens (including phenoxy) is 1. The van der Waals surface area contributed by atoms with Gasteiger partial charge in [0.05, 0.1) is 11.4 Å². The van der Waals surface area contributed by atoms with Crippen molar-refractivity contribution in [3.63, 3.8) is 0 Å². The molecule has 2 heterocycles. The van der Waals surface area contributed by atoms with E-state index in [9.17, 15) is 9.90 Å². The fraction of sp³-hybridized carbons (Fsp3) is 0.412. The maximum atomic E-state index is 11.8. The van der Waals surface area contributed by atoms with Crippen LogP contribution in [0.25, 0.3) is 5.69 Å². The Morgan fingerprint density at radius 1 is 1.35 bits per heavy atom. The fourth-order valence-electron chi connectivity index (χ4n) is 2.92. The lowest BCUT2D eigenvalue weighted by molar-refractivity contribution is 0.0696. The first-order valence-corrected chi connectivity index (χ1v) is 7.95. The van der Waals surface area contributed by atoms with E-state index in [1.54, 1.807) is 4.68 Å². The molecule has 23 heavy (non-hydrogen) atoms. The molecule has 1 fully saturated rings. The van der Waals surface area contributed by atoms with Gasteiger partial charge in [0.25, 0.3) is 0 Å². The van der Waals surface area contributed by atoms with Crippen molar-refractivity contribution in [2.75, 3.05) is 18.5 Å². The van der Waals surface area contributed by atoms with Crippen molar-refractivity contribution < 1.29 is 14.6 Å². The van der Waals surface area contributed by atoms with Crippen LogP contribution in [0.1, 0.15) is 35.8 Å². The second-order valence-electron chi connectivity index (χ2n) is 5.61. The van der Waals surface area contributed by atoms with Crippen LogP contribution in [0.2, 0.25) is 0 Å². The van der Waals surface area contributed by atoms with E-state index >= 15 is 0 Å². The molecule has 0 bridgehead atoms. The predicted molar refractivity (Wildman–Crippen MR) is 87.4 cm³/mol. The topological polar surface area (TPSA) is 76.4 Å². The van der Waals surface area contributed by atoms with E-state index in [0.717, 1.165) is 18.5 Å². The number of nitrogens with zero attached hydrogens (tertiary/aromatic N) is 2. The molecule has 1 aliphatic heterocycles. The summed E-state index contributed by atoms with van der Waals surface area (Å²) in [7, 11) is 0. The zero-order valence-corrected chi connectivity index (χ0v) is 13.2. The quantitative estimate of drug-likeness (QED) is 0.887. The molecule has 0 spiro atoms. The molecule has 1 saturated heterocycles. The van der Waals surface area contributed by atoms with Crippen LogP contribution in [0.4, 0.5) is 5.82 Å². The third kappa shape index (κ3) is 3.22. The number of para-hydroxylation sites is 1. The zero-order valence-electron chi connectivity index (χ0n) is 13.2. The molecule has 1 aromatic heterocycles. The summed E-state index contributed by atoms with van der Waals surface area (Å²) in [6.45, 7) is 3.33. The van der Waals surface area contributed by atoms with Gasteiger partial charge in [-0.2, -0.15) is 0 Å². The summed E-state index contributed by atoms with van der Waals surface area (Å²) < 4.78 is 7.08. The van der Waals surface area contributed by atoms with Crippen molar-refractivity contribution >= 4 is 11.8 Å². The van der Waals surface area contributed by atoms with E-state index in [0.29, 0.717) is 31.1 Å². The Labute approximate surface area is 135 Å². The standard InChI is InChI=1S/C17H21N3O3/c1-2-14-15(17(21)22)16(18-12-8-10-23-11-9-12)19-20(14)13-6-4-3-5-7-13/h3-7,12H,2,8-11H2,1H3,(H,18,19)(H,21,22). The molecule has 0 amide bonds. The number of aromatic carboxylic acids is 1. The lowest BCUT2D eigenvalue weighted by Gasteiger charge is -2.23. The highest BCUT2D eigenvalue weighted by Gasteiger charge is 2.25. The van der Waals surface area contributed by atoms with E-state index in [1.807, 2.05) is 37.3 Å². The van der Waals surface area contributed by atoms with Gasteiger partial charge in [-0.15, -0.1) is 5.10 Å². The van der Waals surface area contributed by atoms with E-state index in [-0.39, 0.29) is 11.6 Å². The second kappa shape index (κ2) is 6.83. The average Bonchev–Trinajstić information content (AvgIpc) is 2.95. The third-order valence-electron chi connectivity index (χ3n) is 4.09. The van der Waals surface area contributed by atoms with Crippen LogP contribution in [-0.2, 0) is 11.2 Å². The number of hydrogen-bond acceptors (Lipinski definition) is 4. The minimum atomic E-state index is -0.946. The molecule has 0 atom stereocenters. The SMILES string of the molecule is CCc1c(C(=O)O)c(NC2CCOCC2)nn1-c1ccccc1. The number of benzene rings is 1. The number of rotatable bonds is 5. The van der Waals surface area contributed by atoms with Crippen molar-refractivity contribution in [2.24, 2.45) is 0 Å². The highest BCUT2D eigenvalue weighted by Crippen LogP contribution is 2.25. The van der Waals surface area contributed by atoms with Crippen LogP contribution in [0.3, 0.4) is 0 Å². The summed E-state index contributed by atoms with van der Waals surface area (Å²) in [6, 6.07) is 9.82. The molecular formula is C17H21N3O3. The van der Waals surface area contributed by atoms with Crippen molar-refractivity contribution in [2.45, 2.75) is 32.2 Å². The van der Waals surface area contributed by atoms with Gasteiger partial charge in [-0.1, -0.05) is 25.1 Å². The molecule has 0 saturated carbocycles. The third-order valence-corrected chi connectivity index (χ3v) is 4.09. The Morgan fingerprint density at radius 2 is 2.04 bits per heavy atom. The molecule has 6 nitrogen and oxygen atoms in total. The molecule has 2 aromatic rings. The van der Waals surface area contributed by atoms with Gasteiger partial charge < -0.3 is 15.2 Å². The van der Waals surface area contributed by atoms with Crippen LogP contribution in [-0.4, -0.2) is 40.1 Å². The number of carbonyl (C=O) groups is 1. The van der Waals surface area contributed by atoms with Crippen LogP contribution < -0.4 is 5.32 Å². The zero-order chi connectivity index (χ0) is 16.2. The summed E-state index contributed by atoms with van der Waals surface area (Å²) in [4.78, 5) is 11.8. The fourth-order valence-corrected chi connectivity index (χ4v) is 2.92. The monoisotopic (exact) mass is 315 g/mol. The van der Waals surface area contributed by atoms with Crippen molar-refractivity contribution in [3.05, 3.63) is 41.6 Å². The number of hydrogen-bond donors (Lipinski definition) is 2. The number of anilines is 1. The van der Waals surface area contributed by atoms with Crippen molar-refractivity contribution in [1.29, 1.82) is 0 Å². The second-order valence-corrected chi connectivity index (χ2v) is 5.61. The maximum absolute atomic E-state index is 11.8. The molecular weight excluding hydrogens is 294 g/mol. The molecule has 6 heteroatoms. The van der Waals surface area contributed by atoms with Crippen LogP contribution in [0.15, 0.2) is 30.3 Å². The summed E-state index contributed by atoms with van der Waals surface area (Å²) >= 11 is 0. The summed E-state index contributed by atoms with van der Waals surface area (Å²) in [5.41, 5.74) is 1.84. The Bertz CT molecular complexity index is 676. The largest absolute Gasteiger partial charge is 0.477 e. The first-order valence-electron chi connectivity index (χ1n) is 7.95. The van der Waals surface area contributed by atoms with Crippen LogP contribution >= 0.6 is 0 Å². The lowest BCUT2D eigenvalue weighted by atomic mass is 10.1. The van der Waals surface area contributed by atoms with Crippen molar-refractivity contribution in [1.82, 2.24) is 9.78 Å². The first-order chi connectivity index (χ1) is 11.2. The normalized spacial score (nSPS) is 15.5. The molecule has 0 radical (unpaired) electrons. The van der Waals surface area contributed by atoms with Crippen LogP contribution in [0.5, 0.6) is 0 Å². The number of carboxylic acid groups (broad SMARTS) is 1. The molecule has 3 rings (SSSR count). The summed E-state index contributed by atoms with van der Waals surface area (Å²) in [6.07, 6.45) is 2.32. The van der Waals surface area contributed by atoms with Gasteiger partial charge in [0, 0.05) is 19.3 Å². The van der Waals surface area contributed by atoms with E-state index in [2.05, 4.69) is 10.4 Å². The first kappa shape index (κ1) is 15.6. The van der Waals surface area contributed by atoms with Crippen molar-refractivity contribution in [3.8, 4) is 5.69 Å². The molecule has 1 aliphatic rings. The van der Waals surface area contributed by atoms with E-state index in [1.165, 1.54) is 0 Å². The van der Waals surface area contributed by atoms with Gasteiger partial charge in [-0.25, -0.2) is 9.48 Å². The Kier molecular flexibility index (Phi) is 4.62. The number of nitrogens with one attached hydrogen (secondary N) is 1. The van der Waals surface area contributed by atoms with Gasteiger partial charge in [-0.05, 0) is 31.4 Å². The van der Waals surface area contributed by atoms with Crippen LogP contribution in [0, 0.1) is 0 Å². The predicted octanol–water partition coefficient (Wildman–Crippen LogP) is 2.72. The Balaban J connectivity index is 2.01.